The number of fused-ring (bicyclic) bond motifs is 1. The molecule has 6 heteroatoms. The number of halogens is 1. The fraction of sp³-hybridized carbons (Fsp3) is 0.278. The zero-order chi connectivity index (χ0) is 17.1. The summed E-state index contributed by atoms with van der Waals surface area (Å²) in [5, 5.41) is 3.53. The predicted molar refractivity (Wildman–Crippen MR) is 91.0 cm³/mol. The van der Waals surface area contributed by atoms with Crippen LogP contribution in [0.25, 0.3) is 0 Å². The number of nitrogens with one attached hydrogen (secondary N) is 1. The average Bonchev–Trinajstić information content (AvgIpc) is 3.02. The molecule has 24 heavy (non-hydrogen) atoms. The van der Waals surface area contributed by atoms with Crippen LogP contribution in [0.15, 0.2) is 36.4 Å². The molecular weight excluding hydrogens is 330 g/mol. The minimum absolute atomic E-state index is 0.155. The molecule has 0 saturated carbocycles. The van der Waals surface area contributed by atoms with Crippen molar-refractivity contribution in [3.05, 3.63) is 52.5 Å². The van der Waals surface area contributed by atoms with Crippen molar-refractivity contribution in [2.45, 2.75) is 19.1 Å². The molecule has 1 amide bonds. The lowest BCUT2D eigenvalue weighted by atomic mass is 10.1. The van der Waals surface area contributed by atoms with E-state index in [-0.39, 0.29) is 5.91 Å². The number of ether oxygens (including phenoxy) is 3. The van der Waals surface area contributed by atoms with Crippen LogP contribution in [-0.2, 0) is 17.8 Å². The highest BCUT2D eigenvalue weighted by Crippen LogP contribution is 2.31. The summed E-state index contributed by atoms with van der Waals surface area (Å²) in [5.41, 5.74) is 1.87. The van der Waals surface area contributed by atoms with Crippen LogP contribution in [0.5, 0.6) is 17.2 Å². The molecule has 0 unspecified atom stereocenters. The lowest BCUT2D eigenvalue weighted by Crippen LogP contribution is -2.37. The Balaban J connectivity index is 1.61. The number of amides is 1. The van der Waals surface area contributed by atoms with Gasteiger partial charge < -0.3 is 19.5 Å². The zero-order valence-electron chi connectivity index (χ0n) is 13.5. The SMILES string of the molecule is COc1ccc(CNC(=O)[C@H]2Cc3cc(Cl)ccc3O2)cc1OC. The molecule has 1 N–H and O–H groups in total. The highest BCUT2D eigenvalue weighted by molar-refractivity contribution is 6.30. The van der Waals surface area contributed by atoms with Crippen LogP contribution in [-0.4, -0.2) is 26.2 Å². The van der Waals surface area contributed by atoms with Gasteiger partial charge in [0.1, 0.15) is 5.75 Å². The Hall–Kier alpha value is -2.40. The van der Waals surface area contributed by atoms with E-state index < -0.39 is 6.10 Å². The maximum atomic E-state index is 12.3. The van der Waals surface area contributed by atoms with Crippen molar-refractivity contribution in [2.75, 3.05) is 14.2 Å². The van der Waals surface area contributed by atoms with E-state index in [1.165, 1.54) is 0 Å². The summed E-state index contributed by atoms with van der Waals surface area (Å²) in [7, 11) is 3.16. The number of methoxy groups -OCH3 is 2. The van der Waals surface area contributed by atoms with Gasteiger partial charge in [-0.15, -0.1) is 0 Å². The molecule has 2 aromatic rings. The Morgan fingerprint density at radius 3 is 2.75 bits per heavy atom. The summed E-state index contributed by atoms with van der Waals surface area (Å²) in [6, 6.07) is 10.9. The first-order valence-corrected chi connectivity index (χ1v) is 7.92. The van der Waals surface area contributed by atoms with Crippen LogP contribution in [0.3, 0.4) is 0 Å². The van der Waals surface area contributed by atoms with E-state index in [0.717, 1.165) is 11.1 Å². The van der Waals surface area contributed by atoms with Gasteiger partial charge in [0.2, 0.25) is 0 Å². The molecule has 0 fully saturated rings. The first-order valence-electron chi connectivity index (χ1n) is 7.54. The van der Waals surface area contributed by atoms with E-state index in [1.54, 1.807) is 26.4 Å². The molecule has 0 aliphatic carbocycles. The van der Waals surface area contributed by atoms with Crippen LogP contribution in [0.2, 0.25) is 5.02 Å². The molecule has 126 valence electrons. The van der Waals surface area contributed by atoms with Crippen LogP contribution in [0.4, 0.5) is 0 Å². The summed E-state index contributed by atoms with van der Waals surface area (Å²) < 4.78 is 16.1. The molecule has 0 bridgehead atoms. The monoisotopic (exact) mass is 347 g/mol. The molecule has 0 spiro atoms. The van der Waals surface area contributed by atoms with E-state index in [4.69, 9.17) is 25.8 Å². The molecule has 0 aromatic heterocycles. The van der Waals surface area contributed by atoms with Crippen molar-refractivity contribution in [1.29, 1.82) is 0 Å². The normalized spacial score (nSPS) is 15.4. The van der Waals surface area contributed by atoms with Gasteiger partial charge >= 0.3 is 0 Å². The maximum Gasteiger partial charge on any atom is 0.261 e. The first kappa shape index (κ1) is 16.5. The Labute approximate surface area is 145 Å². The second kappa shape index (κ2) is 7.01. The van der Waals surface area contributed by atoms with Gasteiger partial charge in [0, 0.05) is 18.0 Å². The standard InChI is InChI=1S/C18H18ClNO4/c1-22-15-5-3-11(7-16(15)23-2)10-20-18(21)17-9-12-8-13(19)4-6-14(12)24-17/h3-8,17H,9-10H2,1-2H3,(H,20,21)/t17-/m1/s1. The second-order valence-electron chi connectivity index (χ2n) is 5.47. The minimum atomic E-state index is -0.529. The molecule has 5 nitrogen and oxygen atoms in total. The topological polar surface area (TPSA) is 56.8 Å². The van der Waals surface area contributed by atoms with Crippen molar-refractivity contribution < 1.29 is 19.0 Å². The quantitative estimate of drug-likeness (QED) is 0.903. The summed E-state index contributed by atoms with van der Waals surface area (Å²) in [6.45, 7) is 0.385. The van der Waals surface area contributed by atoms with Gasteiger partial charge in [0.05, 0.1) is 14.2 Å². The Morgan fingerprint density at radius 1 is 1.21 bits per heavy atom. The predicted octanol–water partition coefficient (Wildman–Crippen LogP) is 2.98. The van der Waals surface area contributed by atoms with Crippen molar-refractivity contribution >= 4 is 17.5 Å². The molecular formula is C18H18ClNO4. The van der Waals surface area contributed by atoms with Gasteiger partial charge in [-0.3, -0.25) is 4.79 Å². The third kappa shape index (κ3) is 3.41. The lowest BCUT2D eigenvalue weighted by molar-refractivity contribution is -0.127. The van der Waals surface area contributed by atoms with Gasteiger partial charge in [-0.05, 0) is 41.5 Å². The van der Waals surface area contributed by atoms with E-state index in [1.807, 2.05) is 24.3 Å². The number of rotatable bonds is 5. The maximum absolute atomic E-state index is 12.3. The molecule has 1 aliphatic rings. The van der Waals surface area contributed by atoms with Gasteiger partial charge in [-0.25, -0.2) is 0 Å². The van der Waals surface area contributed by atoms with E-state index in [0.29, 0.717) is 35.2 Å². The first-order chi connectivity index (χ1) is 11.6. The fourth-order valence-electron chi connectivity index (χ4n) is 2.66. The number of benzene rings is 2. The van der Waals surface area contributed by atoms with Gasteiger partial charge in [-0.1, -0.05) is 17.7 Å². The number of carbonyl (C=O) groups excluding carboxylic acids is 1. The summed E-state index contributed by atoms with van der Waals surface area (Å²) in [4.78, 5) is 12.3. The van der Waals surface area contributed by atoms with Gasteiger partial charge in [0.25, 0.3) is 5.91 Å². The molecule has 1 heterocycles. The largest absolute Gasteiger partial charge is 0.493 e. The van der Waals surface area contributed by atoms with E-state index in [9.17, 15) is 4.79 Å². The van der Waals surface area contributed by atoms with Gasteiger partial charge in [-0.2, -0.15) is 0 Å². The van der Waals surface area contributed by atoms with E-state index >= 15 is 0 Å². The van der Waals surface area contributed by atoms with Crippen molar-refractivity contribution in [3.63, 3.8) is 0 Å². The van der Waals surface area contributed by atoms with Crippen LogP contribution < -0.4 is 19.5 Å². The number of hydrogen-bond donors (Lipinski definition) is 1. The van der Waals surface area contributed by atoms with Crippen LogP contribution in [0.1, 0.15) is 11.1 Å². The smallest absolute Gasteiger partial charge is 0.261 e. The zero-order valence-corrected chi connectivity index (χ0v) is 14.2. The van der Waals surface area contributed by atoms with E-state index in [2.05, 4.69) is 5.32 Å². The third-order valence-electron chi connectivity index (χ3n) is 3.90. The Kier molecular flexibility index (Phi) is 4.81. The third-order valence-corrected chi connectivity index (χ3v) is 4.14. The highest BCUT2D eigenvalue weighted by Gasteiger charge is 2.29. The van der Waals surface area contributed by atoms with Crippen LogP contribution >= 0.6 is 11.6 Å². The van der Waals surface area contributed by atoms with Gasteiger partial charge in [0.15, 0.2) is 17.6 Å². The Bertz CT molecular complexity index is 763. The number of carbonyl (C=O) groups is 1. The fourth-order valence-corrected chi connectivity index (χ4v) is 2.85. The number of hydrogen-bond acceptors (Lipinski definition) is 4. The molecule has 1 aliphatic heterocycles. The molecule has 0 saturated heterocycles. The summed E-state index contributed by atoms with van der Waals surface area (Å²) in [5.74, 6) is 1.84. The average molecular weight is 348 g/mol. The Morgan fingerprint density at radius 2 is 2.00 bits per heavy atom. The van der Waals surface area contributed by atoms with Crippen molar-refractivity contribution in [1.82, 2.24) is 5.32 Å². The molecule has 3 rings (SSSR count). The highest BCUT2D eigenvalue weighted by atomic mass is 35.5. The lowest BCUT2D eigenvalue weighted by Gasteiger charge is -2.13. The summed E-state index contributed by atoms with van der Waals surface area (Å²) >= 11 is 5.97. The molecule has 1 atom stereocenters. The van der Waals surface area contributed by atoms with Crippen molar-refractivity contribution in [2.24, 2.45) is 0 Å². The van der Waals surface area contributed by atoms with Crippen LogP contribution in [0, 0.1) is 0 Å². The molecule has 2 aromatic carbocycles. The summed E-state index contributed by atoms with van der Waals surface area (Å²) in [6.07, 6.45) is -0.00758. The minimum Gasteiger partial charge on any atom is -0.493 e. The molecule has 0 radical (unpaired) electrons. The van der Waals surface area contributed by atoms with Crippen molar-refractivity contribution in [3.8, 4) is 17.2 Å². The second-order valence-corrected chi connectivity index (χ2v) is 5.91.